The molecule has 0 aromatic heterocycles. The van der Waals surface area contributed by atoms with Crippen LogP contribution in [0.1, 0.15) is 36.8 Å². The average molecular weight is 365 g/mol. The van der Waals surface area contributed by atoms with Gasteiger partial charge in [-0.1, -0.05) is 12.5 Å². The van der Waals surface area contributed by atoms with E-state index in [2.05, 4.69) is 17.0 Å². The van der Waals surface area contributed by atoms with Gasteiger partial charge in [0.25, 0.3) is 0 Å². The van der Waals surface area contributed by atoms with Crippen LogP contribution in [0.3, 0.4) is 0 Å². The van der Waals surface area contributed by atoms with Crippen molar-refractivity contribution in [1.82, 2.24) is 9.80 Å². The van der Waals surface area contributed by atoms with E-state index in [-0.39, 0.29) is 11.7 Å². The van der Waals surface area contributed by atoms with E-state index in [1.165, 1.54) is 43.5 Å². The standard InChI is InChI=1S/C19H28N2O3S/c22-19(15-25-23)21-11-7-16-13-18(6-5-17(16)14-21)24-12-4-10-20-8-2-1-3-9-20/h5-6,13,23H,1-4,7-12,14-15H2. The van der Waals surface area contributed by atoms with Crippen molar-refractivity contribution in [3.8, 4) is 5.75 Å². The number of benzene rings is 1. The summed E-state index contributed by atoms with van der Waals surface area (Å²) in [5.41, 5.74) is 2.46. The molecule has 6 heteroatoms. The molecule has 1 aromatic carbocycles. The molecule has 0 bridgehead atoms. The van der Waals surface area contributed by atoms with Crippen LogP contribution in [0, 0.1) is 0 Å². The van der Waals surface area contributed by atoms with Crippen molar-refractivity contribution >= 4 is 17.9 Å². The van der Waals surface area contributed by atoms with Crippen LogP contribution in [0.25, 0.3) is 0 Å². The van der Waals surface area contributed by atoms with E-state index in [1.807, 2.05) is 11.0 Å². The predicted octanol–water partition coefficient (Wildman–Crippen LogP) is 3.03. The number of nitrogens with zero attached hydrogens (tertiary/aromatic N) is 2. The highest BCUT2D eigenvalue weighted by Crippen LogP contribution is 2.24. The van der Waals surface area contributed by atoms with Crippen LogP contribution in [0.15, 0.2) is 18.2 Å². The first-order valence-electron chi connectivity index (χ1n) is 9.27. The molecule has 0 radical (unpaired) electrons. The fourth-order valence-electron chi connectivity index (χ4n) is 3.64. The Kier molecular flexibility index (Phi) is 7.02. The van der Waals surface area contributed by atoms with Gasteiger partial charge in [-0.05, 0) is 74.1 Å². The predicted molar refractivity (Wildman–Crippen MR) is 101 cm³/mol. The molecule has 0 atom stereocenters. The number of likely N-dealkylation sites (tertiary alicyclic amines) is 1. The maximum atomic E-state index is 11.9. The van der Waals surface area contributed by atoms with Crippen LogP contribution in [0.5, 0.6) is 5.75 Å². The highest BCUT2D eigenvalue weighted by Gasteiger charge is 2.20. The molecule has 0 aliphatic carbocycles. The van der Waals surface area contributed by atoms with Gasteiger partial charge in [-0.3, -0.25) is 4.79 Å². The maximum Gasteiger partial charge on any atom is 0.235 e. The lowest BCUT2D eigenvalue weighted by Gasteiger charge is -2.29. The molecule has 0 unspecified atom stereocenters. The minimum atomic E-state index is -0.00353. The Morgan fingerprint density at radius 1 is 1.16 bits per heavy atom. The first kappa shape index (κ1) is 18.5. The molecule has 1 fully saturated rings. The summed E-state index contributed by atoms with van der Waals surface area (Å²) < 4.78 is 14.8. The fraction of sp³-hybridized carbons (Fsp3) is 0.632. The normalized spacial score (nSPS) is 18.0. The summed E-state index contributed by atoms with van der Waals surface area (Å²) in [6, 6.07) is 6.20. The molecule has 138 valence electrons. The topological polar surface area (TPSA) is 53.0 Å². The van der Waals surface area contributed by atoms with Crippen molar-refractivity contribution in [2.45, 2.75) is 38.6 Å². The van der Waals surface area contributed by atoms with E-state index in [1.54, 1.807) is 0 Å². The maximum absolute atomic E-state index is 11.9. The zero-order chi connectivity index (χ0) is 17.5. The van der Waals surface area contributed by atoms with E-state index >= 15 is 0 Å². The molecule has 5 nitrogen and oxygen atoms in total. The second kappa shape index (κ2) is 9.46. The Labute approximate surface area is 154 Å². The average Bonchev–Trinajstić information content (AvgIpc) is 2.66. The summed E-state index contributed by atoms with van der Waals surface area (Å²) in [6.45, 7) is 5.71. The number of carbonyl (C=O) groups is 1. The number of ether oxygens (including phenoxy) is 1. The van der Waals surface area contributed by atoms with E-state index in [4.69, 9.17) is 9.29 Å². The molecule has 1 saturated heterocycles. The lowest BCUT2D eigenvalue weighted by Crippen LogP contribution is -2.37. The zero-order valence-corrected chi connectivity index (χ0v) is 15.6. The van der Waals surface area contributed by atoms with Gasteiger partial charge in [-0.25, -0.2) is 0 Å². The van der Waals surface area contributed by atoms with Gasteiger partial charge < -0.3 is 19.1 Å². The summed E-state index contributed by atoms with van der Waals surface area (Å²) >= 11 is 0.594. The molecule has 3 rings (SSSR count). The van der Waals surface area contributed by atoms with Crippen molar-refractivity contribution in [3.05, 3.63) is 29.3 Å². The highest BCUT2D eigenvalue weighted by molar-refractivity contribution is 7.94. The van der Waals surface area contributed by atoms with Crippen LogP contribution in [0.4, 0.5) is 0 Å². The van der Waals surface area contributed by atoms with Crippen molar-refractivity contribution in [3.63, 3.8) is 0 Å². The first-order chi connectivity index (χ1) is 12.3. The number of carbonyl (C=O) groups excluding carboxylic acids is 1. The van der Waals surface area contributed by atoms with Gasteiger partial charge in [0.05, 0.1) is 12.4 Å². The summed E-state index contributed by atoms with van der Waals surface area (Å²) in [6.07, 6.45) is 5.97. The van der Waals surface area contributed by atoms with Crippen molar-refractivity contribution < 1.29 is 14.1 Å². The van der Waals surface area contributed by atoms with Crippen LogP contribution in [-0.4, -0.2) is 58.8 Å². The lowest BCUT2D eigenvalue weighted by atomic mass is 9.99. The zero-order valence-electron chi connectivity index (χ0n) is 14.8. The third kappa shape index (κ3) is 5.36. The van der Waals surface area contributed by atoms with Crippen molar-refractivity contribution in [2.24, 2.45) is 0 Å². The van der Waals surface area contributed by atoms with Crippen molar-refractivity contribution in [1.29, 1.82) is 0 Å². The number of amides is 1. The Hall–Kier alpha value is -1.24. The molecule has 1 amide bonds. The van der Waals surface area contributed by atoms with Crippen molar-refractivity contribution in [2.75, 3.05) is 38.5 Å². The van der Waals surface area contributed by atoms with E-state index in [0.717, 1.165) is 31.7 Å². The minimum Gasteiger partial charge on any atom is -0.494 e. The van der Waals surface area contributed by atoms with Gasteiger partial charge in [0.15, 0.2) is 0 Å². The molecule has 0 saturated carbocycles. The van der Waals surface area contributed by atoms with E-state index < -0.39 is 0 Å². The molecular formula is C19H28N2O3S. The number of fused-ring (bicyclic) bond motifs is 1. The molecule has 1 aromatic rings. The lowest BCUT2D eigenvalue weighted by molar-refractivity contribution is -0.129. The smallest absolute Gasteiger partial charge is 0.235 e. The summed E-state index contributed by atoms with van der Waals surface area (Å²) in [5.74, 6) is 1.06. The highest BCUT2D eigenvalue weighted by atomic mass is 32.2. The number of piperidine rings is 1. The van der Waals surface area contributed by atoms with Gasteiger partial charge in [-0.2, -0.15) is 0 Å². The Bertz CT molecular complexity index is 576. The number of hydrogen-bond acceptors (Lipinski definition) is 5. The monoisotopic (exact) mass is 364 g/mol. The summed E-state index contributed by atoms with van der Waals surface area (Å²) in [5, 5.41) is 0. The molecular weight excluding hydrogens is 336 g/mol. The first-order valence-corrected chi connectivity index (χ1v) is 10.2. The molecule has 25 heavy (non-hydrogen) atoms. The Balaban J connectivity index is 1.44. The molecule has 2 aliphatic rings. The SMILES string of the molecule is O=C(CSO)N1CCc2cc(OCCCN3CCCCC3)ccc2C1. The largest absolute Gasteiger partial charge is 0.494 e. The molecule has 0 spiro atoms. The molecule has 1 N–H and O–H groups in total. The van der Waals surface area contributed by atoms with Gasteiger partial charge in [-0.15, -0.1) is 0 Å². The van der Waals surface area contributed by atoms with Gasteiger partial charge in [0.2, 0.25) is 5.91 Å². The number of rotatable bonds is 7. The molecule has 2 heterocycles. The minimum absolute atomic E-state index is 0.00353. The number of hydrogen-bond donors (Lipinski definition) is 1. The van der Waals surface area contributed by atoms with Crippen LogP contribution < -0.4 is 4.74 Å². The fourth-order valence-corrected chi connectivity index (χ4v) is 3.93. The van der Waals surface area contributed by atoms with Gasteiger partial charge in [0, 0.05) is 19.6 Å². The van der Waals surface area contributed by atoms with E-state index in [0.29, 0.717) is 25.1 Å². The van der Waals surface area contributed by atoms with Crippen LogP contribution in [-0.2, 0) is 17.8 Å². The third-order valence-electron chi connectivity index (χ3n) is 5.07. The van der Waals surface area contributed by atoms with Gasteiger partial charge in [0.1, 0.15) is 5.75 Å². The Morgan fingerprint density at radius 2 is 2.00 bits per heavy atom. The van der Waals surface area contributed by atoms with Gasteiger partial charge >= 0.3 is 0 Å². The van der Waals surface area contributed by atoms with Crippen LogP contribution in [0.2, 0.25) is 0 Å². The third-order valence-corrected chi connectivity index (χ3v) is 5.44. The summed E-state index contributed by atoms with van der Waals surface area (Å²) in [7, 11) is 0. The van der Waals surface area contributed by atoms with Crippen LogP contribution >= 0.6 is 12.0 Å². The quantitative estimate of drug-likeness (QED) is 0.595. The van der Waals surface area contributed by atoms with E-state index in [9.17, 15) is 4.79 Å². The molecule has 2 aliphatic heterocycles. The second-order valence-corrected chi connectivity index (χ2v) is 7.42. The second-order valence-electron chi connectivity index (χ2n) is 6.87. The Morgan fingerprint density at radius 3 is 2.80 bits per heavy atom. The summed E-state index contributed by atoms with van der Waals surface area (Å²) in [4.78, 5) is 16.2.